The van der Waals surface area contributed by atoms with E-state index in [1.807, 2.05) is 51.1 Å². The van der Waals surface area contributed by atoms with Crippen LogP contribution >= 0.6 is 0 Å². The molecular weight excluding hydrogens is 384 g/mol. The van der Waals surface area contributed by atoms with E-state index >= 15 is 0 Å². The van der Waals surface area contributed by atoms with Crippen molar-refractivity contribution in [1.29, 1.82) is 0 Å². The van der Waals surface area contributed by atoms with Crippen LogP contribution in [0.1, 0.15) is 39.2 Å². The van der Waals surface area contributed by atoms with Crippen molar-refractivity contribution < 1.29 is 24.2 Å². The first-order chi connectivity index (χ1) is 14.3. The highest BCUT2D eigenvalue weighted by atomic mass is 16.5. The summed E-state index contributed by atoms with van der Waals surface area (Å²) in [5.41, 5.74) is 7.01. The maximum atomic E-state index is 12.6. The number of Topliss-reactive ketones (excluding diaryl/α,β-unsaturated/α-hetero) is 1. The van der Waals surface area contributed by atoms with E-state index in [1.54, 1.807) is 0 Å². The lowest BCUT2D eigenvalue weighted by Gasteiger charge is -2.22. The zero-order chi connectivity index (χ0) is 22.4. The molecule has 0 bridgehead atoms. The number of benzene rings is 1. The number of carbonyl (C=O) groups excluding carboxylic acids is 2. The largest absolute Gasteiger partial charge is 0.384 e. The number of aliphatic hydroxyl groups excluding tert-OH is 1. The van der Waals surface area contributed by atoms with E-state index in [4.69, 9.17) is 15.2 Å². The number of aliphatic hydroxyl groups is 1. The molecule has 0 heterocycles. The third kappa shape index (κ3) is 10.8. The molecule has 1 rings (SSSR count). The summed E-state index contributed by atoms with van der Waals surface area (Å²) in [6, 6.07) is 8.78. The second-order valence-corrected chi connectivity index (χ2v) is 7.90. The fourth-order valence-electron chi connectivity index (χ4n) is 3.21. The number of ether oxygens (including phenoxy) is 2. The predicted molar refractivity (Wildman–Crippen MR) is 117 cm³/mol. The summed E-state index contributed by atoms with van der Waals surface area (Å²) < 4.78 is 10.6. The molecule has 7 nitrogen and oxygen atoms in total. The van der Waals surface area contributed by atoms with Gasteiger partial charge < -0.3 is 25.6 Å². The molecule has 1 aromatic carbocycles. The number of carbonyl (C=O) groups is 2. The van der Waals surface area contributed by atoms with Gasteiger partial charge in [0.2, 0.25) is 5.91 Å². The predicted octanol–water partition coefficient (Wildman–Crippen LogP) is 1.71. The van der Waals surface area contributed by atoms with Crippen LogP contribution in [0.3, 0.4) is 0 Å². The zero-order valence-electron chi connectivity index (χ0n) is 18.5. The van der Waals surface area contributed by atoms with E-state index in [0.717, 1.165) is 5.56 Å². The quantitative estimate of drug-likeness (QED) is 0.350. The Labute approximate surface area is 180 Å². The lowest BCUT2D eigenvalue weighted by atomic mass is 9.88. The first-order valence-corrected chi connectivity index (χ1v) is 10.8. The fraction of sp³-hybridized carbons (Fsp3) is 0.652. The molecule has 0 aliphatic rings. The average molecular weight is 423 g/mol. The highest BCUT2D eigenvalue weighted by Crippen LogP contribution is 2.18. The summed E-state index contributed by atoms with van der Waals surface area (Å²) in [7, 11) is 0. The molecule has 0 aromatic heterocycles. The third-order valence-electron chi connectivity index (χ3n) is 4.75. The SMILES string of the molecule is CCOCCOCCNC(=O)[C@@H](CC(=O)[C@@H](O)[C@H](N)Cc1ccccc1)CC(C)C. The van der Waals surface area contributed by atoms with Crippen molar-refractivity contribution in [1.82, 2.24) is 5.32 Å². The highest BCUT2D eigenvalue weighted by Gasteiger charge is 2.29. The van der Waals surface area contributed by atoms with Gasteiger partial charge in [0.1, 0.15) is 6.10 Å². The van der Waals surface area contributed by atoms with Crippen LogP contribution in [0.25, 0.3) is 0 Å². The second kappa shape index (κ2) is 15.1. The number of nitrogens with one attached hydrogen (secondary N) is 1. The minimum atomic E-state index is -1.30. The molecule has 0 radical (unpaired) electrons. The minimum absolute atomic E-state index is 0.0289. The maximum Gasteiger partial charge on any atom is 0.223 e. The molecule has 170 valence electrons. The molecule has 1 amide bonds. The van der Waals surface area contributed by atoms with E-state index in [2.05, 4.69) is 5.32 Å². The summed E-state index contributed by atoms with van der Waals surface area (Å²) >= 11 is 0. The fourth-order valence-corrected chi connectivity index (χ4v) is 3.21. The van der Waals surface area contributed by atoms with Crippen molar-refractivity contribution in [3.05, 3.63) is 35.9 Å². The molecule has 4 N–H and O–H groups in total. The van der Waals surface area contributed by atoms with Gasteiger partial charge in [-0.2, -0.15) is 0 Å². The monoisotopic (exact) mass is 422 g/mol. The molecule has 0 saturated carbocycles. The van der Waals surface area contributed by atoms with Gasteiger partial charge in [-0.05, 0) is 31.2 Å². The van der Waals surface area contributed by atoms with Gasteiger partial charge in [0.05, 0.1) is 19.8 Å². The van der Waals surface area contributed by atoms with Crippen LogP contribution in [0.4, 0.5) is 0 Å². The van der Waals surface area contributed by atoms with E-state index in [9.17, 15) is 14.7 Å². The Balaban J connectivity index is 2.50. The van der Waals surface area contributed by atoms with Crippen molar-refractivity contribution in [3.8, 4) is 0 Å². The van der Waals surface area contributed by atoms with E-state index < -0.39 is 23.8 Å². The van der Waals surface area contributed by atoms with Crippen molar-refractivity contribution in [2.24, 2.45) is 17.6 Å². The lowest BCUT2D eigenvalue weighted by Crippen LogP contribution is -2.44. The van der Waals surface area contributed by atoms with Crippen LogP contribution in [0.15, 0.2) is 30.3 Å². The first-order valence-electron chi connectivity index (χ1n) is 10.8. The Kier molecular flexibility index (Phi) is 13.2. The van der Waals surface area contributed by atoms with Crippen LogP contribution in [0.2, 0.25) is 0 Å². The van der Waals surface area contributed by atoms with Crippen molar-refractivity contribution in [3.63, 3.8) is 0 Å². The Bertz CT molecular complexity index is 609. The molecule has 0 spiro atoms. The molecule has 0 aliphatic carbocycles. The molecular formula is C23H38N2O5. The van der Waals surface area contributed by atoms with Crippen LogP contribution in [0.5, 0.6) is 0 Å². The molecule has 7 heteroatoms. The minimum Gasteiger partial charge on any atom is -0.384 e. The third-order valence-corrected chi connectivity index (χ3v) is 4.75. The van der Waals surface area contributed by atoms with E-state index in [-0.39, 0.29) is 18.2 Å². The van der Waals surface area contributed by atoms with Crippen molar-refractivity contribution in [2.75, 3.05) is 33.0 Å². The normalized spacial score (nSPS) is 14.3. The molecule has 3 atom stereocenters. The van der Waals surface area contributed by atoms with Gasteiger partial charge in [0.15, 0.2) is 5.78 Å². The van der Waals surface area contributed by atoms with Gasteiger partial charge in [-0.3, -0.25) is 9.59 Å². The molecule has 0 saturated heterocycles. The lowest BCUT2D eigenvalue weighted by molar-refractivity contribution is -0.134. The maximum absolute atomic E-state index is 12.6. The summed E-state index contributed by atoms with van der Waals surface area (Å²) in [5.74, 6) is -0.855. The Morgan fingerprint density at radius 2 is 1.77 bits per heavy atom. The average Bonchev–Trinajstić information content (AvgIpc) is 2.72. The van der Waals surface area contributed by atoms with E-state index in [0.29, 0.717) is 45.8 Å². The second-order valence-electron chi connectivity index (χ2n) is 7.90. The van der Waals surface area contributed by atoms with E-state index in [1.165, 1.54) is 0 Å². The van der Waals surface area contributed by atoms with Gasteiger partial charge in [-0.25, -0.2) is 0 Å². The number of nitrogens with two attached hydrogens (primary N) is 1. The van der Waals surface area contributed by atoms with Gasteiger partial charge >= 0.3 is 0 Å². The standard InChI is InChI=1S/C23H38N2O5/c1-4-29-12-13-30-11-10-25-23(28)19(14-17(2)3)16-21(26)22(27)20(24)15-18-8-6-5-7-9-18/h5-9,17,19-20,22,27H,4,10-16,24H2,1-3H3,(H,25,28)/t19-,20-,22+/m1/s1. The molecule has 1 aromatic rings. The smallest absolute Gasteiger partial charge is 0.223 e. The molecule has 30 heavy (non-hydrogen) atoms. The summed E-state index contributed by atoms with van der Waals surface area (Å²) in [6.07, 6.45) is -0.370. The zero-order valence-corrected chi connectivity index (χ0v) is 18.5. The summed E-state index contributed by atoms with van der Waals surface area (Å²) in [5, 5.41) is 13.2. The van der Waals surface area contributed by atoms with Crippen molar-refractivity contribution in [2.45, 2.75) is 52.2 Å². The Hall–Kier alpha value is -1.80. The Morgan fingerprint density at radius 3 is 2.40 bits per heavy atom. The van der Waals surface area contributed by atoms with Crippen LogP contribution in [0, 0.1) is 11.8 Å². The number of hydrogen-bond acceptors (Lipinski definition) is 6. The number of hydrogen-bond donors (Lipinski definition) is 3. The van der Waals surface area contributed by atoms with Gasteiger partial charge in [0.25, 0.3) is 0 Å². The van der Waals surface area contributed by atoms with Crippen LogP contribution in [-0.4, -0.2) is 61.9 Å². The Morgan fingerprint density at radius 1 is 1.10 bits per heavy atom. The number of ketones is 1. The topological polar surface area (TPSA) is 111 Å². The molecule has 0 unspecified atom stereocenters. The summed E-state index contributed by atoms with van der Waals surface area (Å²) in [4.78, 5) is 25.2. The van der Waals surface area contributed by atoms with Crippen LogP contribution < -0.4 is 11.1 Å². The van der Waals surface area contributed by atoms with Gasteiger partial charge in [-0.15, -0.1) is 0 Å². The molecule has 0 aliphatic heterocycles. The number of rotatable bonds is 16. The summed E-state index contributed by atoms with van der Waals surface area (Å²) in [6.45, 7) is 8.31. The number of amides is 1. The van der Waals surface area contributed by atoms with Gasteiger partial charge in [0, 0.05) is 31.5 Å². The van der Waals surface area contributed by atoms with Crippen molar-refractivity contribution >= 4 is 11.7 Å². The van der Waals surface area contributed by atoms with Crippen LogP contribution in [-0.2, 0) is 25.5 Å². The highest BCUT2D eigenvalue weighted by molar-refractivity contribution is 5.89. The van der Waals surface area contributed by atoms with Gasteiger partial charge in [-0.1, -0.05) is 44.2 Å². The first kappa shape index (κ1) is 26.2. The molecule has 0 fully saturated rings.